The summed E-state index contributed by atoms with van der Waals surface area (Å²) in [6, 6.07) is 0. The molecule has 0 bridgehead atoms. The van der Waals surface area contributed by atoms with Gasteiger partial charge in [-0.05, 0) is 25.2 Å². The van der Waals surface area contributed by atoms with Crippen molar-refractivity contribution >= 4 is 10.7 Å². The minimum Gasteiger partial charge on any atom is -0.424 e. The summed E-state index contributed by atoms with van der Waals surface area (Å²) < 4.78 is 20.4. The molecule has 2 atom stereocenters. The van der Waals surface area contributed by atoms with Crippen LogP contribution >= 0.6 is 0 Å². The molecule has 0 spiro atoms. The van der Waals surface area contributed by atoms with Crippen LogP contribution in [-0.2, 0) is 19.1 Å². The molecule has 0 aliphatic heterocycles. The van der Waals surface area contributed by atoms with Gasteiger partial charge in [0.2, 0.25) is 0 Å². The predicted molar refractivity (Wildman–Crippen MR) is 40.0 cm³/mol. The van der Waals surface area contributed by atoms with Crippen molar-refractivity contribution in [3.8, 4) is 0 Å². The maximum Gasteiger partial charge on any atom is 1.00 e. The fraction of sp³-hybridized carbons (Fsp3) is 0.714. The number of hydrogen-bond donors (Lipinski definition) is 0. The molecule has 0 heterocycles. The molecule has 58 valence electrons. The SMILES string of the molecule is C/C=C/[C@@H]1C[C@@H]1C[S-](=O)=O.[Na+]. The van der Waals surface area contributed by atoms with E-state index < -0.39 is 10.7 Å². The zero-order valence-corrected chi connectivity index (χ0v) is 9.76. The Hall–Kier alpha value is 0.690. The van der Waals surface area contributed by atoms with Gasteiger partial charge in [-0.2, -0.15) is 0 Å². The Kier molecular flexibility index (Phi) is 5.69. The van der Waals surface area contributed by atoms with E-state index in [-0.39, 0.29) is 29.6 Å². The van der Waals surface area contributed by atoms with Gasteiger partial charge in [-0.1, -0.05) is 28.6 Å². The Morgan fingerprint density at radius 1 is 1.55 bits per heavy atom. The minimum atomic E-state index is -1.84. The van der Waals surface area contributed by atoms with E-state index in [4.69, 9.17) is 0 Å². The van der Waals surface area contributed by atoms with Crippen LogP contribution < -0.4 is 29.6 Å². The predicted octanol–water partition coefficient (Wildman–Crippen LogP) is -1.49. The molecule has 0 aromatic heterocycles. The van der Waals surface area contributed by atoms with Gasteiger partial charge in [0.25, 0.3) is 0 Å². The smallest absolute Gasteiger partial charge is 0.424 e. The monoisotopic (exact) mass is 182 g/mol. The van der Waals surface area contributed by atoms with Crippen molar-refractivity contribution < 1.29 is 38.0 Å². The standard InChI is InChI=1S/C7H11O2S.Na/c1-2-3-6-4-7(6)5-10(8)9;/h2-3,6-7H,4-5H2,1H3;/q-1;+1/b3-2+;/t6-,7-;/m1./s1. The fourth-order valence-corrected chi connectivity index (χ4v) is 1.85. The first-order valence-electron chi connectivity index (χ1n) is 3.42. The molecule has 0 unspecified atom stereocenters. The van der Waals surface area contributed by atoms with Crippen LogP contribution in [0.1, 0.15) is 13.3 Å². The summed E-state index contributed by atoms with van der Waals surface area (Å²) in [5.74, 6) is 1.30. The van der Waals surface area contributed by atoms with Crippen LogP contribution in [0.25, 0.3) is 0 Å². The first kappa shape index (κ1) is 11.7. The molecule has 0 amide bonds. The van der Waals surface area contributed by atoms with Crippen LogP contribution in [0.5, 0.6) is 0 Å². The van der Waals surface area contributed by atoms with E-state index in [1.807, 2.05) is 13.0 Å². The fourth-order valence-electron chi connectivity index (χ4n) is 1.12. The topological polar surface area (TPSA) is 34.1 Å². The van der Waals surface area contributed by atoms with Crippen molar-refractivity contribution in [1.82, 2.24) is 0 Å². The van der Waals surface area contributed by atoms with E-state index in [1.54, 1.807) is 0 Å². The third kappa shape index (κ3) is 4.31. The van der Waals surface area contributed by atoms with E-state index in [2.05, 4.69) is 6.08 Å². The zero-order chi connectivity index (χ0) is 7.56. The first-order valence-corrected chi connectivity index (χ1v) is 4.67. The molecule has 4 heteroatoms. The van der Waals surface area contributed by atoms with Gasteiger partial charge in [-0.3, -0.25) is 0 Å². The summed E-state index contributed by atoms with van der Waals surface area (Å²) in [7, 11) is -1.84. The van der Waals surface area contributed by atoms with Gasteiger partial charge < -0.3 is 8.42 Å². The molecule has 1 saturated carbocycles. The van der Waals surface area contributed by atoms with Crippen molar-refractivity contribution in [3.63, 3.8) is 0 Å². The summed E-state index contributed by atoms with van der Waals surface area (Å²) >= 11 is 0. The van der Waals surface area contributed by atoms with E-state index in [1.165, 1.54) is 0 Å². The molecular weight excluding hydrogens is 171 g/mol. The summed E-state index contributed by atoms with van der Waals surface area (Å²) in [5.41, 5.74) is 0. The van der Waals surface area contributed by atoms with Crippen LogP contribution in [0.2, 0.25) is 0 Å². The number of rotatable bonds is 3. The van der Waals surface area contributed by atoms with Crippen molar-refractivity contribution in [2.24, 2.45) is 11.8 Å². The second kappa shape index (κ2) is 5.36. The van der Waals surface area contributed by atoms with Gasteiger partial charge in [-0.15, -0.1) is 0 Å². The van der Waals surface area contributed by atoms with E-state index in [0.717, 1.165) is 6.42 Å². The molecule has 0 aromatic rings. The van der Waals surface area contributed by atoms with Gasteiger partial charge in [0.05, 0.1) is 0 Å². The van der Waals surface area contributed by atoms with Crippen molar-refractivity contribution in [3.05, 3.63) is 12.2 Å². The van der Waals surface area contributed by atoms with Gasteiger partial charge in [-0.25, -0.2) is 0 Å². The van der Waals surface area contributed by atoms with Crippen LogP contribution in [0.3, 0.4) is 0 Å². The molecule has 0 aromatic carbocycles. The third-order valence-electron chi connectivity index (χ3n) is 1.77. The maximum absolute atomic E-state index is 10.2. The van der Waals surface area contributed by atoms with E-state index in [0.29, 0.717) is 17.6 Å². The van der Waals surface area contributed by atoms with Crippen LogP contribution in [0.4, 0.5) is 0 Å². The summed E-state index contributed by atoms with van der Waals surface area (Å²) in [6.07, 6.45) is 5.12. The van der Waals surface area contributed by atoms with E-state index in [9.17, 15) is 8.42 Å². The van der Waals surface area contributed by atoms with E-state index >= 15 is 0 Å². The second-order valence-corrected chi connectivity index (χ2v) is 3.60. The molecule has 0 N–H and O–H groups in total. The largest absolute Gasteiger partial charge is 1.00 e. The first-order chi connectivity index (χ1) is 4.74. The average molecular weight is 182 g/mol. The molecule has 1 aliphatic carbocycles. The molecule has 1 aliphatic rings. The molecule has 0 radical (unpaired) electrons. The van der Waals surface area contributed by atoms with Crippen LogP contribution in [0, 0.1) is 11.8 Å². The zero-order valence-electron chi connectivity index (χ0n) is 6.95. The number of allylic oxidation sites excluding steroid dienone is 2. The Morgan fingerprint density at radius 2 is 2.18 bits per heavy atom. The molecule has 2 nitrogen and oxygen atoms in total. The molecule has 1 fully saturated rings. The van der Waals surface area contributed by atoms with Crippen molar-refractivity contribution in [1.29, 1.82) is 0 Å². The van der Waals surface area contributed by atoms with Gasteiger partial charge >= 0.3 is 29.6 Å². The summed E-state index contributed by atoms with van der Waals surface area (Å²) in [5, 5.41) is 0. The quantitative estimate of drug-likeness (QED) is 0.303. The third-order valence-corrected chi connectivity index (χ3v) is 2.47. The summed E-state index contributed by atoms with van der Waals surface area (Å²) in [4.78, 5) is 0. The van der Waals surface area contributed by atoms with Gasteiger partial charge in [0.15, 0.2) is 0 Å². The molecule has 11 heavy (non-hydrogen) atoms. The second-order valence-electron chi connectivity index (χ2n) is 2.66. The van der Waals surface area contributed by atoms with Gasteiger partial charge in [0, 0.05) is 0 Å². The molecular formula is C7H11NaO2S. The summed E-state index contributed by atoms with van der Waals surface area (Å²) in [6.45, 7) is 1.96. The Morgan fingerprint density at radius 3 is 2.64 bits per heavy atom. The number of hydrogen-bond acceptors (Lipinski definition) is 3. The van der Waals surface area contributed by atoms with Crippen LogP contribution in [-0.4, -0.2) is 5.75 Å². The molecule has 0 saturated heterocycles. The Balaban J connectivity index is 0.000001000. The van der Waals surface area contributed by atoms with Crippen molar-refractivity contribution in [2.75, 3.05) is 5.75 Å². The minimum absolute atomic E-state index is 0. The van der Waals surface area contributed by atoms with Crippen LogP contribution in [0.15, 0.2) is 12.2 Å². The normalized spacial score (nSPS) is 28.9. The average Bonchev–Trinajstić information content (AvgIpc) is 2.47. The Bertz CT molecular complexity index is 202. The van der Waals surface area contributed by atoms with Gasteiger partial charge in [0.1, 0.15) is 0 Å². The maximum atomic E-state index is 10.2. The molecule has 1 rings (SSSR count). The van der Waals surface area contributed by atoms with Crippen molar-refractivity contribution in [2.45, 2.75) is 13.3 Å². The Labute approximate surface area is 91.3 Å².